The molecule has 0 radical (unpaired) electrons. The van der Waals surface area contributed by atoms with E-state index in [9.17, 15) is 0 Å². The number of rotatable bonds is 5. The fourth-order valence-electron chi connectivity index (χ4n) is 1.85. The van der Waals surface area contributed by atoms with Crippen molar-refractivity contribution in [2.45, 2.75) is 27.2 Å². The summed E-state index contributed by atoms with van der Waals surface area (Å²) >= 11 is 15.9. The normalized spacial score (nSPS) is 12.5. The minimum Gasteiger partial charge on any atom is -0.271 e. The molecule has 0 amide bonds. The monoisotopic (exact) mass is 340 g/mol. The van der Waals surface area contributed by atoms with Crippen LogP contribution in [0.4, 0.5) is 0 Å². The van der Waals surface area contributed by atoms with Crippen LogP contribution in [0.1, 0.15) is 25.2 Å². The van der Waals surface area contributed by atoms with Crippen molar-refractivity contribution in [1.82, 2.24) is 9.78 Å². The van der Waals surface area contributed by atoms with Crippen LogP contribution in [0.2, 0.25) is 0 Å². The van der Waals surface area contributed by atoms with Gasteiger partial charge in [0.2, 0.25) is 0 Å². The van der Waals surface area contributed by atoms with Gasteiger partial charge in [-0.15, -0.1) is 23.2 Å². The summed E-state index contributed by atoms with van der Waals surface area (Å²) < 4.78 is 2.98. The molecular weight excluding hydrogens is 323 g/mol. The standard InChI is InChI=1S/C12H19BrCl2N2/c1-8(2)12(6-14,7-15)5-10-11(13)9(3)16-17(10)4/h8H,5-7H2,1-4H3. The maximum absolute atomic E-state index is 6.15. The molecule has 0 aliphatic rings. The quantitative estimate of drug-likeness (QED) is 0.735. The fraction of sp³-hybridized carbons (Fsp3) is 0.750. The van der Waals surface area contributed by atoms with Crippen LogP contribution in [0.15, 0.2) is 4.47 Å². The minimum atomic E-state index is -0.0775. The molecule has 0 bridgehead atoms. The molecule has 0 saturated carbocycles. The Balaban J connectivity index is 3.10. The van der Waals surface area contributed by atoms with E-state index in [4.69, 9.17) is 23.2 Å². The molecule has 0 N–H and O–H groups in total. The molecular formula is C12H19BrCl2N2. The van der Waals surface area contributed by atoms with E-state index >= 15 is 0 Å². The number of hydrogen-bond donors (Lipinski definition) is 0. The largest absolute Gasteiger partial charge is 0.271 e. The van der Waals surface area contributed by atoms with Crippen LogP contribution < -0.4 is 0 Å². The van der Waals surface area contributed by atoms with Crippen molar-refractivity contribution in [2.75, 3.05) is 11.8 Å². The van der Waals surface area contributed by atoms with Gasteiger partial charge in [-0.3, -0.25) is 4.68 Å². The van der Waals surface area contributed by atoms with Gasteiger partial charge in [0, 0.05) is 24.2 Å². The van der Waals surface area contributed by atoms with Gasteiger partial charge in [0.05, 0.1) is 15.9 Å². The average molecular weight is 342 g/mol. The molecule has 0 aliphatic carbocycles. The lowest BCUT2D eigenvalue weighted by Gasteiger charge is -2.34. The summed E-state index contributed by atoms with van der Waals surface area (Å²) in [6.07, 6.45) is 0.843. The molecule has 0 spiro atoms. The third-order valence-electron chi connectivity index (χ3n) is 3.54. The van der Waals surface area contributed by atoms with Gasteiger partial charge in [-0.1, -0.05) is 13.8 Å². The SMILES string of the molecule is Cc1nn(C)c(CC(CCl)(CCl)C(C)C)c1Br. The number of hydrogen-bond acceptors (Lipinski definition) is 1. The first kappa shape index (κ1) is 15.3. The number of aryl methyl sites for hydroxylation is 2. The van der Waals surface area contributed by atoms with Gasteiger partial charge in [0.1, 0.15) is 0 Å². The first-order chi connectivity index (χ1) is 7.88. The summed E-state index contributed by atoms with van der Waals surface area (Å²) in [5.41, 5.74) is 2.09. The Labute approximate surface area is 122 Å². The molecule has 0 atom stereocenters. The summed E-state index contributed by atoms with van der Waals surface area (Å²) in [5, 5.41) is 4.41. The Morgan fingerprint density at radius 3 is 2.18 bits per heavy atom. The van der Waals surface area contributed by atoms with Crippen molar-refractivity contribution in [3.63, 3.8) is 0 Å². The topological polar surface area (TPSA) is 17.8 Å². The molecule has 0 aliphatic heterocycles. The van der Waals surface area contributed by atoms with E-state index < -0.39 is 0 Å². The van der Waals surface area contributed by atoms with Gasteiger partial charge in [0.25, 0.3) is 0 Å². The van der Waals surface area contributed by atoms with Crippen LogP contribution in [0.3, 0.4) is 0 Å². The molecule has 0 saturated heterocycles. The van der Waals surface area contributed by atoms with E-state index in [2.05, 4.69) is 34.9 Å². The molecule has 17 heavy (non-hydrogen) atoms. The Morgan fingerprint density at radius 1 is 1.35 bits per heavy atom. The highest BCUT2D eigenvalue weighted by molar-refractivity contribution is 9.10. The Bertz CT molecular complexity index is 384. The molecule has 2 nitrogen and oxygen atoms in total. The number of halogens is 3. The highest BCUT2D eigenvalue weighted by atomic mass is 79.9. The van der Waals surface area contributed by atoms with E-state index in [1.165, 1.54) is 0 Å². The zero-order valence-corrected chi connectivity index (χ0v) is 13.8. The molecule has 1 aromatic rings. The molecule has 5 heteroatoms. The van der Waals surface area contributed by atoms with E-state index in [0.717, 1.165) is 22.3 Å². The second-order valence-corrected chi connectivity index (χ2v) is 6.26. The van der Waals surface area contributed by atoms with Gasteiger partial charge < -0.3 is 0 Å². The minimum absolute atomic E-state index is 0.0775. The maximum atomic E-state index is 6.15. The van der Waals surface area contributed by atoms with Crippen LogP contribution in [0.5, 0.6) is 0 Å². The zero-order valence-electron chi connectivity index (χ0n) is 10.7. The van der Waals surface area contributed by atoms with Crippen LogP contribution >= 0.6 is 39.1 Å². The van der Waals surface area contributed by atoms with Gasteiger partial charge in [-0.25, -0.2) is 0 Å². The summed E-state index contributed by atoms with van der Waals surface area (Å²) in [4.78, 5) is 0. The van der Waals surface area contributed by atoms with Crippen LogP contribution in [0, 0.1) is 18.3 Å². The zero-order chi connectivity index (χ0) is 13.2. The van der Waals surface area contributed by atoms with Crippen LogP contribution in [-0.2, 0) is 13.5 Å². The summed E-state index contributed by atoms with van der Waals surface area (Å²) in [6.45, 7) is 6.33. The maximum Gasteiger partial charge on any atom is 0.0738 e. The predicted molar refractivity (Wildman–Crippen MR) is 78.1 cm³/mol. The first-order valence-electron chi connectivity index (χ1n) is 5.68. The van der Waals surface area contributed by atoms with Crippen molar-refractivity contribution >= 4 is 39.1 Å². The summed E-state index contributed by atoms with van der Waals surface area (Å²) in [7, 11) is 1.96. The predicted octanol–water partition coefficient (Wildman–Crippen LogP) is 4.15. The van der Waals surface area contributed by atoms with E-state index in [1.54, 1.807) is 0 Å². The van der Waals surface area contributed by atoms with Crippen molar-refractivity contribution < 1.29 is 0 Å². The Kier molecular flexibility index (Phi) is 5.36. The van der Waals surface area contributed by atoms with Gasteiger partial charge in [-0.05, 0) is 35.2 Å². The Morgan fingerprint density at radius 2 is 1.88 bits per heavy atom. The van der Waals surface area contributed by atoms with Gasteiger partial charge in [0.15, 0.2) is 0 Å². The second-order valence-electron chi connectivity index (χ2n) is 4.93. The fourth-order valence-corrected chi connectivity index (χ4v) is 3.42. The smallest absolute Gasteiger partial charge is 0.0738 e. The van der Waals surface area contributed by atoms with Crippen LogP contribution in [-0.4, -0.2) is 21.5 Å². The summed E-state index contributed by atoms with van der Waals surface area (Å²) in [6, 6.07) is 0. The lowest BCUT2D eigenvalue weighted by Crippen LogP contribution is -2.34. The number of alkyl halides is 2. The van der Waals surface area contributed by atoms with E-state index in [-0.39, 0.29) is 5.41 Å². The van der Waals surface area contributed by atoms with E-state index in [1.807, 2.05) is 18.7 Å². The second kappa shape index (κ2) is 5.94. The number of nitrogens with zero attached hydrogens (tertiary/aromatic N) is 2. The Hall–Kier alpha value is 0.270. The third-order valence-corrected chi connectivity index (χ3v) is 5.63. The molecule has 0 fully saturated rings. The van der Waals surface area contributed by atoms with Crippen molar-refractivity contribution in [3.8, 4) is 0 Å². The summed E-state index contributed by atoms with van der Waals surface area (Å²) in [5.74, 6) is 1.55. The molecule has 0 unspecified atom stereocenters. The molecule has 1 aromatic heterocycles. The van der Waals surface area contributed by atoms with Gasteiger partial charge in [-0.2, -0.15) is 5.10 Å². The van der Waals surface area contributed by atoms with Gasteiger partial charge >= 0.3 is 0 Å². The molecule has 1 heterocycles. The highest BCUT2D eigenvalue weighted by Crippen LogP contribution is 2.37. The van der Waals surface area contributed by atoms with Crippen LogP contribution in [0.25, 0.3) is 0 Å². The lowest BCUT2D eigenvalue weighted by molar-refractivity contribution is 0.253. The number of aromatic nitrogens is 2. The molecule has 98 valence electrons. The lowest BCUT2D eigenvalue weighted by atomic mass is 9.77. The van der Waals surface area contributed by atoms with Crippen molar-refractivity contribution in [2.24, 2.45) is 18.4 Å². The van der Waals surface area contributed by atoms with Crippen molar-refractivity contribution in [3.05, 3.63) is 15.9 Å². The highest BCUT2D eigenvalue weighted by Gasteiger charge is 2.34. The van der Waals surface area contributed by atoms with E-state index in [0.29, 0.717) is 17.7 Å². The average Bonchev–Trinajstić information content (AvgIpc) is 2.51. The third kappa shape index (κ3) is 2.99. The molecule has 0 aromatic carbocycles. The first-order valence-corrected chi connectivity index (χ1v) is 7.54. The molecule has 1 rings (SSSR count). The van der Waals surface area contributed by atoms with Crippen molar-refractivity contribution in [1.29, 1.82) is 0 Å².